The Bertz CT molecular complexity index is 853. The van der Waals surface area contributed by atoms with Gasteiger partial charge in [0, 0.05) is 11.8 Å². The summed E-state index contributed by atoms with van der Waals surface area (Å²) in [5.41, 5.74) is 1.02. The zero-order valence-electron chi connectivity index (χ0n) is 16.7. The van der Waals surface area contributed by atoms with Gasteiger partial charge in [0.15, 0.2) is 6.61 Å². The number of anilines is 1. The Morgan fingerprint density at radius 1 is 0.862 bits per heavy atom. The van der Waals surface area contributed by atoms with Crippen LogP contribution in [0, 0.1) is 0 Å². The van der Waals surface area contributed by atoms with Crippen molar-refractivity contribution < 1.29 is 33.3 Å². The number of amides is 1. The molecule has 0 aromatic heterocycles. The molecule has 0 fully saturated rings. The maximum Gasteiger partial charge on any atom is 0.338 e. The van der Waals surface area contributed by atoms with Crippen LogP contribution in [0.15, 0.2) is 42.5 Å². The molecular weight excluding hydrogens is 378 g/mol. The van der Waals surface area contributed by atoms with Gasteiger partial charge in [-0.1, -0.05) is 0 Å². The fourth-order valence-corrected chi connectivity index (χ4v) is 2.31. The lowest BCUT2D eigenvalue weighted by Gasteiger charge is -2.10. The van der Waals surface area contributed by atoms with Crippen LogP contribution in [0.5, 0.6) is 11.5 Å². The van der Waals surface area contributed by atoms with Crippen molar-refractivity contribution >= 4 is 23.5 Å². The van der Waals surface area contributed by atoms with Crippen LogP contribution >= 0.6 is 0 Å². The van der Waals surface area contributed by atoms with Gasteiger partial charge in [0.25, 0.3) is 5.91 Å². The zero-order chi connectivity index (χ0) is 21.4. The maximum absolute atomic E-state index is 12.2. The van der Waals surface area contributed by atoms with Crippen molar-refractivity contribution in [3.8, 4) is 11.5 Å². The van der Waals surface area contributed by atoms with Gasteiger partial charge in [-0.25, -0.2) is 9.59 Å². The summed E-state index contributed by atoms with van der Waals surface area (Å²) >= 11 is 0. The van der Waals surface area contributed by atoms with Gasteiger partial charge in [-0.15, -0.1) is 0 Å². The highest BCUT2D eigenvalue weighted by atomic mass is 16.5. The summed E-state index contributed by atoms with van der Waals surface area (Å²) in [6.07, 6.45) is -0.221. The minimum Gasteiger partial charge on any atom is -0.497 e. The van der Waals surface area contributed by atoms with Crippen molar-refractivity contribution in [3.63, 3.8) is 0 Å². The first kappa shape index (κ1) is 21.7. The molecule has 0 spiro atoms. The van der Waals surface area contributed by atoms with E-state index in [1.54, 1.807) is 32.0 Å². The Kier molecular flexibility index (Phi) is 7.59. The third kappa shape index (κ3) is 6.53. The number of carbonyl (C=O) groups excluding carboxylic acids is 3. The van der Waals surface area contributed by atoms with E-state index in [2.05, 4.69) is 5.32 Å². The van der Waals surface area contributed by atoms with Crippen molar-refractivity contribution in [3.05, 3.63) is 53.6 Å². The summed E-state index contributed by atoms with van der Waals surface area (Å²) in [6.45, 7) is 3.04. The molecule has 0 saturated carbocycles. The lowest BCUT2D eigenvalue weighted by atomic mass is 10.2. The van der Waals surface area contributed by atoms with E-state index in [0.29, 0.717) is 22.7 Å². The molecule has 1 amide bonds. The number of methoxy groups -OCH3 is 2. The molecule has 0 aliphatic heterocycles. The molecule has 154 valence electrons. The van der Waals surface area contributed by atoms with Crippen LogP contribution in [-0.2, 0) is 14.3 Å². The van der Waals surface area contributed by atoms with Crippen LogP contribution in [0.3, 0.4) is 0 Å². The van der Waals surface area contributed by atoms with E-state index in [4.69, 9.17) is 18.9 Å². The van der Waals surface area contributed by atoms with Crippen LogP contribution in [0.1, 0.15) is 34.6 Å². The Morgan fingerprint density at radius 2 is 1.45 bits per heavy atom. The van der Waals surface area contributed by atoms with E-state index in [1.165, 1.54) is 38.5 Å². The normalized spacial score (nSPS) is 10.2. The second-order valence-electron chi connectivity index (χ2n) is 6.26. The number of nitrogens with one attached hydrogen (secondary N) is 1. The zero-order valence-corrected chi connectivity index (χ0v) is 16.7. The predicted molar refractivity (Wildman–Crippen MR) is 105 cm³/mol. The van der Waals surface area contributed by atoms with Crippen molar-refractivity contribution in [1.29, 1.82) is 0 Å². The van der Waals surface area contributed by atoms with Crippen LogP contribution < -0.4 is 14.8 Å². The van der Waals surface area contributed by atoms with E-state index >= 15 is 0 Å². The topological polar surface area (TPSA) is 100 Å². The lowest BCUT2D eigenvalue weighted by Crippen LogP contribution is -2.21. The summed E-state index contributed by atoms with van der Waals surface area (Å²) in [5, 5.41) is 2.58. The molecule has 8 nitrogen and oxygen atoms in total. The smallest absolute Gasteiger partial charge is 0.338 e. The Morgan fingerprint density at radius 3 is 1.97 bits per heavy atom. The standard InChI is InChI=1S/C21H23NO7/c1-13(2)29-21(25)14-5-7-16(8-6-14)22-19(23)12-28-20(24)15-9-17(26-3)11-18(10-15)27-4/h5-11,13H,12H2,1-4H3,(H,22,23). The molecule has 0 saturated heterocycles. The first-order chi connectivity index (χ1) is 13.8. The molecule has 1 N–H and O–H groups in total. The van der Waals surface area contributed by atoms with Gasteiger partial charge in [-0.05, 0) is 50.2 Å². The largest absolute Gasteiger partial charge is 0.497 e. The van der Waals surface area contributed by atoms with Crippen molar-refractivity contribution in [1.82, 2.24) is 0 Å². The van der Waals surface area contributed by atoms with Gasteiger partial charge < -0.3 is 24.3 Å². The van der Waals surface area contributed by atoms with E-state index in [9.17, 15) is 14.4 Å². The van der Waals surface area contributed by atoms with E-state index in [-0.39, 0.29) is 11.7 Å². The molecule has 0 heterocycles. The fourth-order valence-electron chi connectivity index (χ4n) is 2.31. The SMILES string of the molecule is COc1cc(OC)cc(C(=O)OCC(=O)Nc2ccc(C(=O)OC(C)C)cc2)c1. The first-order valence-electron chi connectivity index (χ1n) is 8.83. The molecule has 0 bridgehead atoms. The number of hydrogen-bond acceptors (Lipinski definition) is 7. The van der Waals surface area contributed by atoms with E-state index in [1.807, 2.05) is 0 Å². The monoisotopic (exact) mass is 401 g/mol. The van der Waals surface area contributed by atoms with Crippen LogP contribution in [0.2, 0.25) is 0 Å². The number of rotatable bonds is 8. The number of benzene rings is 2. The molecule has 0 aliphatic carbocycles. The molecule has 0 unspecified atom stereocenters. The second-order valence-corrected chi connectivity index (χ2v) is 6.26. The van der Waals surface area contributed by atoms with Gasteiger partial charge in [0.05, 0.1) is 31.5 Å². The predicted octanol–water partition coefficient (Wildman–Crippen LogP) is 3.06. The molecule has 0 atom stereocenters. The Balaban J connectivity index is 1.91. The van der Waals surface area contributed by atoms with Crippen molar-refractivity contribution in [2.75, 3.05) is 26.1 Å². The first-order valence-corrected chi connectivity index (χ1v) is 8.83. The molecule has 0 aliphatic rings. The van der Waals surface area contributed by atoms with Crippen molar-refractivity contribution in [2.24, 2.45) is 0 Å². The number of carbonyl (C=O) groups is 3. The Labute approximate surface area is 168 Å². The summed E-state index contributed by atoms with van der Waals surface area (Å²) in [4.78, 5) is 36.0. The molecule has 8 heteroatoms. The highest BCUT2D eigenvalue weighted by Crippen LogP contribution is 2.23. The van der Waals surface area contributed by atoms with Crippen LogP contribution in [0.4, 0.5) is 5.69 Å². The number of esters is 2. The third-order valence-corrected chi connectivity index (χ3v) is 3.67. The molecule has 0 radical (unpaired) electrons. The van der Waals surface area contributed by atoms with Gasteiger partial charge in [0.1, 0.15) is 11.5 Å². The minimum atomic E-state index is -0.691. The quantitative estimate of drug-likeness (QED) is 0.679. The number of ether oxygens (including phenoxy) is 4. The van der Waals surface area contributed by atoms with E-state index in [0.717, 1.165) is 0 Å². The maximum atomic E-state index is 12.2. The molecule has 2 aromatic rings. The highest BCUT2D eigenvalue weighted by molar-refractivity contribution is 5.96. The molecule has 2 rings (SSSR count). The molecular formula is C21H23NO7. The summed E-state index contributed by atoms with van der Waals surface area (Å²) in [6, 6.07) is 10.8. The third-order valence-electron chi connectivity index (χ3n) is 3.67. The lowest BCUT2D eigenvalue weighted by molar-refractivity contribution is -0.119. The second kappa shape index (κ2) is 10.1. The fraction of sp³-hybridized carbons (Fsp3) is 0.286. The van der Waals surface area contributed by atoms with Gasteiger partial charge in [-0.2, -0.15) is 0 Å². The van der Waals surface area contributed by atoms with Gasteiger partial charge >= 0.3 is 11.9 Å². The average Bonchev–Trinajstić information content (AvgIpc) is 2.71. The number of hydrogen-bond donors (Lipinski definition) is 1. The Hall–Kier alpha value is -3.55. The van der Waals surface area contributed by atoms with E-state index < -0.39 is 24.5 Å². The molecule has 29 heavy (non-hydrogen) atoms. The average molecular weight is 401 g/mol. The summed E-state index contributed by atoms with van der Waals surface area (Å²) in [7, 11) is 2.93. The van der Waals surface area contributed by atoms with Gasteiger partial charge in [-0.3, -0.25) is 4.79 Å². The molecule has 2 aromatic carbocycles. The van der Waals surface area contributed by atoms with Crippen molar-refractivity contribution in [2.45, 2.75) is 20.0 Å². The highest BCUT2D eigenvalue weighted by Gasteiger charge is 2.14. The van der Waals surface area contributed by atoms with Gasteiger partial charge in [0.2, 0.25) is 0 Å². The summed E-state index contributed by atoms with van der Waals surface area (Å²) in [5.74, 6) is -0.802. The minimum absolute atomic E-state index is 0.196. The van der Waals surface area contributed by atoms with Crippen LogP contribution in [-0.4, -0.2) is 44.8 Å². The summed E-state index contributed by atoms with van der Waals surface area (Å²) < 4.78 is 20.3. The van der Waals surface area contributed by atoms with Crippen LogP contribution in [0.25, 0.3) is 0 Å².